The number of carbonyl (C=O) groups is 1. The van der Waals surface area contributed by atoms with Gasteiger partial charge in [0.05, 0.1) is 26.4 Å². The van der Waals surface area contributed by atoms with Crippen LogP contribution in [0.25, 0.3) is 0 Å². The van der Waals surface area contributed by atoms with E-state index in [2.05, 4.69) is 5.32 Å². The van der Waals surface area contributed by atoms with E-state index in [-0.39, 0.29) is 18.0 Å². The van der Waals surface area contributed by atoms with E-state index in [1.807, 2.05) is 43.0 Å². The van der Waals surface area contributed by atoms with Crippen LogP contribution in [-0.2, 0) is 9.53 Å². The van der Waals surface area contributed by atoms with Crippen molar-refractivity contribution in [1.82, 2.24) is 10.2 Å². The summed E-state index contributed by atoms with van der Waals surface area (Å²) in [5, 5.41) is 3.36. The highest BCUT2D eigenvalue weighted by molar-refractivity contribution is 5.81. The van der Waals surface area contributed by atoms with E-state index < -0.39 is 0 Å². The van der Waals surface area contributed by atoms with E-state index in [4.69, 9.17) is 9.47 Å². The van der Waals surface area contributed by atoms with Gasteiger partial charge in [0.15, 0.2) is 0 Å². The van der Waals surface area contributed by atoms with Crippen molar-refractivity contribution in [3.05, 3.63) is 29.8 Å². The highest BCUT2D eigenvalue weighted by atomic mass is 16.5. The molecule has 1 heterocycles. The lowest BCUT2D eigenvalue weighted by Gasteiger charge is -2.30. The first kappa shape index (κ1) is 15.8. The molecule has 0 aromatic heterocycles. The Morgan fingerprint density at radius 3 is 2.62 bits per heavy atom. The van der Waals surface area contributed by atoms with Crippen LogP contribution in [0.4, 0.5) is 0 Å². The average molecular weight is 292 g/mol. The zero-order valence-corrected chi connectivity index (χ0v) is 13.0. The molecule has 5 heteroatoms. The molecule has 0 aliphatic carbocycles. The maximum absolute atomic E-state index is 12.4. The Hall–Kier alpha value is -1.59. The number of morpholine rings is 1. The highest BCUT2D eigenvalue weighted by Gasteiger charge is 2.24. The van der Waals surface area contributed by atoms with Crippen LogP contribution in [0.2, 0.25) is 0 Å². The number of carbonyl (C=O) groups excluding carboxylic acids is 1. The van der Waals surface area contributed by atoms with Crippen molar-refractivity contribution >= 4 is 5.91 Å². The molecule has 116 valence electrons. The number of methoxy groups -OCH3 is 1. The minimum Gasteiger partial charge on any atom is -0.496 e. The van der Waals surface area contributed by atoms with Gasteiger partial charge in [0.1, 0.15) is 5.75 Å². The first-order valence-corrected chi connectivity index (χ1v) is 7.39. The third kappa shape index (κ3) is 3.95. The third-order valence-corrected chi connectivity index (χ3v) is 3.80. The number of amides is 1. The number of hydrogen-bond acceptors (Lipinski definition) is 4. The molecule has 1 amide bonds. The van der Waals surface area contributed by atoms with Crippen LogP contribution in [0.3, 0.4) is 0 Å². The highest BCUT2D eigenvalue weighted by Crippen LogP contribution is 2.24. The van der Waals surface area contributed by atoms with Crippen molar-refractivity contribution in [1.29, 1.82) is 0 Å². The first-order valence-electron chi connectivity index (χ1n) is 7.39. The van der Waals surface area contributed by atoms with E-state index in [0.717, 1.165) is 11.3 Å². The van der Waals surface area contributed by atoms with Crippen molar-refractivity contribution in [2.24, 2.45) is 0 Å². The zero-order valence-electron chi connectivity index (χ0n) is 13.0. The Bertz CT molecular complexity index is 472. The predicted octanol–water partition coefficient (Wildman–Crippen LogP) is 1.59. The van der Waals surface area contributed by atoms with E-state index in [1.54, 1.807) is 7.11 Å². The largest absolute Gasteiger partial charge is 0.496 e. The summed E-state index contributed by atoms with van der Waals surface area (Å²) >= 11 is 0. The molecule has 0 bridgehead atoms. The van der Waals surface area contributed by atoms with Crippen LogP contribution in [0.1, 0.15) is 25.5 Å². The molecule has 1 aromatic carbocycles. The smallest absolute Gasteiger partial charge is 0.239 e. The van der Waals surface area contributed by atoms with Crippen LogP contribution < -0.4 is 10.1 Å². The van der Waals surface area contributed by atoms with Gasteiger partial charge in [-0.2, -0.15) is 0 Å². The third-order valence-electron chi connectivity index (χ3n) is 3.80. The predicted molar refractivity (Wildman–Crippen MR) is 81.4 cm³/mol. The number of para-hydroxylation sites is 1. The molecular weight excluding hydrogens is 268 g/mol. The second kappa shape index (κ2) is 7.43. The van der Waals surface area contributed by atoms with Gasteiger partial charge in [-0.15, -0.1) is 0 Å². The summed E-state index contributed by atoms with van der Waals surface area (Å²) in [6, 6.07) is 7.68. The van der Waals surface area contributed by atoms with E-state index >= 15 is 0 Å². The topological polar surface area (TPSA) is 50.8 Å². The summed E-state index contributed by atoms with van der Waals surface area (Å²) in [5.74, 6) is 0.962. The maximum atomic E-state index is 12.4. The summed E-state index contributed by atoms with van der Waals surface area (Å²) in [6.07, 6.45) is 0. The van der Waals surface area contributed by atoms with Gasteiger partial charge in [0.2, 0.25) is 5.91 Å². The second-order valence-electron chi connectivity index (χ2n) is 5.29. The molecule has 2 unspecified atom stereocenters. The van der Waals surface area contributed by atoms with Crippen molar-refractivity contribution in [3.63, 3.8) is 0 Å². The van der Waals surface area contributed by atoms with Crippen LogP contribution in [-0.4, -0.2) is 50.3 Å². The molecule has 1 aliphatic heterocycles. The lowest BCUT2D eigenvalue weighted by molar-refractivity contribution is -0.137. The van der Waals surface area contributed by atoms with Crippen molar-refractivity contribution in [2.75, 3.05) is 33.4 Å². The van der Waals surface area contributed by atoms with Crippen LogP contribution in [0, 0.1) is 0 Å². The van der Waals surface area contributed by atoms with Crippen molar-refractivity contribution < 1.29 is 14.3 Å². The second-order valence-corrected chi connectivity index (χ2v) is 5.29. The average Bonchev–Trinajstić information content (AvgIpc) is 2.54. The quantitative estimate of drug-likeness (QED) is 0.895. The molecule has 1 N–H and O–H groups in total. The van der Waals surface area contributed by atoms with Gasteiger partial charge in [0.25, 0.3) is 0 Å². The Balaban J connectivity index is 1.97. The summed E-state index contributed by atoms with van der Waals surface area (Å²) < 4.78 is 10.7. The van der Waals surface area contributed by atoms with E-state index in [9.17, 15) is 4.79 Å². The molecule has 1 aliphatic rings. The first-order chi connectivity index (χ1) is 10.1. The van der Waals surface area contributed by atoms with Crippen molar-refractivity contribution in [3.8, 4) is 5.75 Å². The fourth-order valence-electron chi connectivity index (χ4n) is 2.62. The molecule has 1 saturated heterocycles. The number of nitrogens with one attached hydrogen (secondary N) is 1. The molecule has 0 spiro atoms. The van der Waals surface area contributed by atoms with Crippen molar-refractivity contribution in [2.45, 2.75) is 25.9 Å². The fourth-order valence-corrected chi connectivity index (χ4v) is 2.62. The van der Waals surface area contributed by atoms with Gasteiger partial charge in [-0.05, 0) is 19.9 Å². The van der Waals surface area contributed by atoms with Gasteiger partial charge < -0.3 is 14.4 Å². The SMILES string of the molecule is COc1ccccc1C(C)NC(C)C(=O)N1CCOCC1. The minimum absolute atomic E-state index is 0.0427. The van der Waals surface area contributed by atoms with E-state index in [0.29, 0.717) is 26.3 Å². The molecule has 0 radical (unpaired) electrons. The Labute approximate surface area is 126 Å². The van der Waals surface area contributed by atoms with Gasteiger partial charge in [-0.3, -0.25) is 10.1 Å². The monoisotopic (exact) mass is 292 g/mol. The Morgan fingerprint density at radius 2 is 1.95 bits per heavy atom. The van der Waals surface area contributed by atoms with Gasteiger partial charge >= 0.3 is 0 Å². The van der Waals surface area contributed by atoms with Crippen LogP contribution in [0.15, 0.2) is 24.3 Å². The molecule has 5 nitrogen and oxygen atoms in total. The number of nitrogens with zero attached hydrogens (tertiary/aromatic N) is 1. The lowest BCUT2D eigenvalue weighted by Crippen LogP contribution is -2.49. The van der Waals surface area contributed by atoms with Crippen LogP contribution in [0.5, 0.6) is 5.75 Å². The molecule has 2 atom stereocenters. The standard InChI is InChI=1S/C16H24N2O3/c1-12(14-6-4-5-7-15(14)20-3)17-13(2)16(19)18-8-10-21-11-9-18/h4-7,12-13,17H,8-11H2,1-3H3. The summed E-state index contributed by atoms with van der Waals surface area (Å²) in [7, 11) is 1.66. The number of rotatable bonds is 5. The molecule has 2 rings (SSSR count). The maximum Gasteiger partial charge on any atom is 0.239 e. The minimum atomic E-state index is -0.233. The van der Waals surface area contributed by atoms with Gasteiger partial charge in [-0.1, -0.05) is 18.2 Å². The van der Waals surface area contributed by atoms with E-state index in [1.165, 1.54) is 0 Å². The summed E-state index contributed by atoms with van der Waals surface area (Å²) in [5.41, 5.74) is 1.06. The number of hydrogen-bond donors (Lipinski definition) is 1. The molecule has 1 aromatic rings. The lowest BCUT2D eigenvalue weighted by atomic mass is 10.1. The normalized spacial score (nSPS) is 18.1. The Morgan fingerprint density at radius 1 is 1.29 bits per heavy atom. The number of ether oxygens (including phenoxy) is 2. The number of benzene rings is 1. The van der Waals surface area contributed by atoms with Gasteiger partial charge in [-0.25, -0.2) is 0 Å². The zero-order chi connectivity index (χ0) is 15.2. The van der Waals surface area contributed by atoms with Gasteiger partial charge in [0, 0.05) is 24.7 Å². The van der Waals surface area contributed by atoms with Crippen LogP contribution >= 0.6 is 0 Å². The summed E-state index contributed by atoms with van der Waals surface area (Å²) in [6.45, 7) is 6.55. The molecule has 1 fully saturated rings. The molecule has 21 heavy (non-hydrogen) atoms. The molecular formula is C16H24N2O3. The fraction of sp³-hybridized carbons (Fsp3) is 0.562. The summed E-state index contributed by atoms with van der Waals surface area (Å²) in [4.78, 5) is 14.3. The Kier molecular flexibility index (Phi) is 5.59. The molecule has 0 saturated carbocycles.